The summed E-state index contributed by atoms with van der Waals surface area (Å²) >= 11 is 0. The van der Waals surface area contributed by atoms with E-state index in [0.717, 1.165) is 25.3 Å². The van der Waals surface area contributed by atoms with Crippen molar-refractivity contribution in [1.82, 2.24) is 4.57 Å². The molecule has 37 heavy (non-hydrogen) atoms. The summed E-state index contributed by atoms with van der Waals surface area (Å²) in [4.78, 5) is 53.5. The van der Waals surface area contributed by atoms with Crippen molar-refractivity contribution in [2.75, 3.05) is 46.4 Å². The minimum atomic E-state index is -0.711. The van der Waals surface area contributed by atoms with E-state index in [4.69, 9.17) is 18.9 Å². The second-order valence-corrected chi connectivity index (χ2v) is 8.80. The van der Waals surface area contributed by atoms with Gasteiger partial charge in [-0.2, -0.15) is 0 Å². The molecule has 1 atom stereocenters. The third-order valence-corrected chi connectivity index (χ3v) is 6.87. The van der Waals surface area contributed by atoms with Crippen LogP contribution in [0.3, 0.4) is 0 Å². The Bertz CT molecular complexity index is 1260. The van der Waals surface area contributed by atoms with Gasteiger partial charge in [0, 0.05) is 36.0 Å². The highest BCUT2D eigenvalue weighted by molar-refractivity contribution is 6.23. The Kier molecular flexibility index (Phi) is 7.66. The van der Waals surface area contributed by atoms with Gasteiger partial charge >= 0.3 is 23.9 Å². The Hall–Kier alpha value is -4.08. The number of nitrogens with zero attached hydrogens (tertiary/aromatic N) is 2. The molecule has 1 aliphatic carbocycles. The number of piperidine rings is 1. The minimum absolute atomic E-state index is 0.0239. The lowest BCUT2D eigenvalue weighted by molar-refractivity contribution is -0.139. The first-order valence-electron chi connectivity index (χ1n) is 12.0. The molecule has 0 radical (unpaired) electrons. The minimum Gasteiger partial charge on any atom is -0.466 e. The largest absolute Gasteiger partial charge is 0.466 e. The number of rotatable bonds is 6. The van der Waals surface area contributed by atoms with E-state index in [2.05, 4.69) is 4.90 Å². The van der Waals surface area contributed by atoms with Crippen LogP contribution in [0.25, 0.3) is 11.6 Å². The number of hydrogen-bond acceptors (Lipinski definition) is 9. The predicted molar refractivity (Wildman–Crippen MR) is 134 cm³/mol. The quantitative estimate of drug-likeness (QED) is 0.324. The number of esters is 4. The fourth-order valence-corrected chi connectivity index (χ4v) is 5.27. The molecule has 0 N–H and O–H groups in total. The lowest BCUT2D eigenvalue weighted by Gasteiger charge is -2.34. The molecule has 0 bridgehead atoms. The number of carbonyl (C=O) groups excluding carboxylic acids is 4. The van der Waals surface area contributed by atoms with Crippen molar-refractivity contribution in [3.05, 3.63) is 52.3 Å². The zero-order valence-electron chi connectivity index (χ0n) is 21.4. The van der Waals surface area contributed by atoms with E-state index < -0.39 is 29.8 Å². The summed E-state index contributed by atoms with van der Waals surface area (Å²) < 4.78 is 22.0. The van der Waals surface area contributed by atoms with Crippen molar-refractivity contribution in [3.63, 3.8) is 0 Å². The van der Waals surface area contributed by atoms with Crippen LogP contribution in [0.5, 0.6) is 0 Å². The van der Waals surface area contributed by atoms with E-state index in [1.807, 2.05) is 10.6 Å². The molecule has 1 saturated heterocycles. The summed E-state index contributed by atoms with van der Waals surface area (Å²) in [5.41, 5.74) is 2.19. The summed E-state index contributed by atoms with van der Waals surface area (Å²) in [6.07, 6.45) is 11.3. The molecular formula is C27H30N2O8. The maximum atomic E-state index is 13.1. The third kappa shape index (κ3) is 4.59. The first-order valence-corrected chi connectivity index (χ1v) is 12.0. The first kappa shape index (κ1) is 26.0. The molecule has 1 aromatic heterocycles. The summed E-state index contributed by atoms with van der Waals surface area (Å²) in [7, 11) is 5.00. The molecule has 0 saturated carbocycles. The molecule has 3 heterocycles. The molecule has 1 aromatic rings. The molecule has 10 heteroatoms. The lowest BCUT2D eigenvalue weighted by Crippen LogP contribution is -2.34. The van der Waals surface area contributed by atoms with Gasteiger partial charge in [0.05, 0.1) is 57.6 Å². The van der Waals surface area contributed by atoms with Crippen LogP contribution < -0.4 is 4.90 Å². The Morgan fingerprint density at radius 2 is 1.59 bits per heavy atom. The number of ether oxygens (including phenoxy) is 4. The van der Waals surface area contributed by atoms with Crippen molar-refractivity contribution >= 4 is 41.3 Å². The van der Waals surface area contributed by atoms with Gasteiger partial charge in [0.2, 0.25) is 0 Å². The molecule has 3 aliphatic rings. The fraction of sp³-hybridized carbons (Fsp3) is 0.407. The molecule has 10 nitrogen and oxygen atoms in total. The van der Waals surface area contributed by atoms with E-state index in [-0.39, 0.29) is 23.3 Å². The number of aromatic nitrogens is 1. The Labute approximate surface area is 214 Å². The molecule has 2 aliphatic heterocycles. The smallest absolute Gasteiger partial charge is 0.338 e. The molecule has 196 valence electrons. The maximum Gasteiger partial charge on any atom is 0.338 e. The van der Waals surface area contributed by atoms with Crippen LogP contribution >= 0.6 is 0 Å². The maximum absolute atomic E-state index is 13.1. The predicted octanol–water partition coefficient (Wildman–Crippen LogP) is 2.53. The van der Waals surface area contributed by atoms with Crippen molar-refractivity contribution in [1.29, 1.82) is 0 Å². The van der Waals surface area contributed by atoms with E-state index in [9.17, 15) is 19.2 Å². The molecular weight excluding hydrogens is 480 g/mol. The van der Waals surface area contributed by atoms with Crippen molar-refractivity contribution in [2.45, 2.75) is 31.7 Å². The first-order chi connectivity index (χ1) is 17.9. The van der Waals surface area contributed by atoms with Gasteiger partial charge in [0.25, 0.3) is 0 Å². The van der Waals surface area contributed by atoms with Gasteiger partial charge in [-0.15, -0.1) is 0 Å². The Balaban J connectivity index is 2.09. The normalized spacial score (nSPS) is 18.6. The van der Waals surface area contributed by atoms with Crippen LogP contribution in [-0.4, -0.2) is 70.0 Å². The van der Waals surface area contributed by atoms with Gasteiger partial charge in [-0.1, -0.05) is 24.3 Å². The number of allylic oxidation sites excluding steroid dienone is 3. The highest BCUT2D eigenvalue weighted by Crippen LogP contribution is 2.47. The second kappa shape index (κ2) is 10.9. The van der Waals surface area contributed by atoms with Crippen LogP contribution in [0.1, 0.15) is 42.0 Å². The zero-order chi connectivity index (χ0) is 26.7. The SMILES string of the molecule is COC(=O)/C=C(\C(=O)OC)c1c2c3n(c1N1CCCCC1)CC(C(=O)OC)=C(C(=O)OC)C3C=CC=C2. The molecule has 0 amide bonds. The topological polar surface area (TPSA) is 113 Å². The van der Waals surface area contributed by atoms with Crippen LogP contribution in [0.2, 0.25) is 0 Å². The Morgan fingerprint density at radius 3 is 2.22 bits per heavy atom. The van der Waals surface area contributed by atoms with Crippen LogP contribution in [-0.2, 0) is 44.7 Å². The van der Waals surface area contributed by atoms with Gasteiger partial charge in [-0.25, -0.2) is 19.2 Å². The van der Waals surface area contributed by atoms with Gasteiger partial charge < -0.3 is 28.4 Å². The number of methoxy groups -OCH3 is 4. The van der Waals surface area contributed by atoms with Crippen LogP contribution in [0.4, 0.5) is 5.82 Å². The second-order valence-electron chi connectivity index (χ2n) is 8.80. The fourth-order valence-electron chi connectivity index (χ4n) is 5.27. The molecule has 0 aromatic carbocycles. The molecule has 0 spiro atoms. The summed E-state index contributed by atoms with van der Waals surface area (Å²) in [6.45, 7) is 1.46. The third-order valence-electron chi connectivity index (χ3n) is 6.87. The van der Waals surface area contributed by atoms with E-state index in [0.29, 0.717) is 35.7 Å². The van der Waals surface area contributed by atoms with Crippen molar-refractivity contribution in [2.24, 2.45) is 0 Å². The highest BCUT2D eigenvalue weighted by atomic mass is 16.5. The van der Waals surface area contributed by atoms with E-state index in [1.54, 1.807) is 18.2 Å². The van der Waals surface area contributed by atoms with E-state index in [1.165, 1.54) is 28.4 Å². The number of carbonyl (C=O) groups is 4. The monoisotopic (exact) mass is 510 g/mol. The van der Waals surface area contributed by atoms with Gasteiger partial charge in [-0.05, 0) is 19.3 Å². The molecule has 1 unspecified atom stereocenters. The van der Waals surface area contributed by atoms with Gasteiger partial charge in [0.15, 0.2) is 0 Å². The molecule has 4 rings (SSSR count). The standard InChI is InChI=1S/C27H30N2O8/c1-34-20(30)14-18(25(31)35-2)21-16-10-6-7-11-17-22(27(33)37-4)19(26(32)36-3)15-29(23(16)17)24(21)28-12-8-5-9-13-28/h6-7,10-11,14,17H,5,8-9,12-13,15H2,1-4H3/b18-14-. The van der Waals surface area contributed by atoms with Crippen molar-refractivity contribution < 1.29 is 38.1 Å². The van der Waals surface area contributed by atoms with Crippen LogP contribution in [0.15, 0.2) is 35.5 Å². The van der Waals surface area contributed by atoms with Gasteiger partial charge in [-0.3, -0.25) is 0 Å². The number of hydrogen-bond donors (Lipinski definition) is 0. The average molecular weight is 511 g/mol. The zero-order valence-corrected chi connectivity index (χ0v) is 21.4. The summed E-state index contributed by atoms with van der Waals surface area (Å²) in [5.74, 6) is -2.70. The van der Waals surface area contributed by atoms with Crippen molar-refractivity contribution in [3.8, 4) is 0 Å². The van der Waals surface area contributed by atoms with Crippen LogP contribution in [0, 0.1) is 0 Å². The molecule has 1 fully saturated rings. The number of anilines is 1. The average Bonchev–Trinajstić information content (AvgIpc) is 3.09. The lowest BCUT2D eigenvalue weighted by atomic mass is 9.86. The van der Waals surface area contributed by atoms with E-state index >= 15 is 0 Å². The Morgan fingerprint density at radius 1 is 0.892 bits per heavy atom. The highest BCUT2D eigenvalue weighted by Gasteiger charge is 2.42. The van der Waals surface area contributed by atoms with Gasteiger partial charge in [0.1, 0.15) is 5.82 Å². The summed E-state index contributed by atoms with van der Waals surface area (Å²) in [6, 6.07) is 0. The summed E-state index contributed by atoms with van der Waals surface area (Å²) in [5, 5.41) is 0.